The molecular weight excluding hydrogens is 356 g/mol. The first kappa shape index (κ1) is 19.7. The van der Waals surface area contributed by atoms with Crippen LogP contribution in [0.3, 0.4) is 0 Å². The van der Waals surface area contributed by atoms with E-state index in [2.05, 4.69) is 19.5 Å². The van der Waals surface area contributed by atoms with Gasteiger partial charge in [-0.05, 0) is 0 Å². The smallest absolute Gasteiger partial charge is 0.387 e. The van der Waals surface area contributed by atoms with Gasteiger partial charge in [-0.1, -0.05) is 0 Å². The van der Waals surface area contributed by atoms with Crippen molar-refractivity contribution < 1.29 is 35.3 Å². The zero-order valence-electron chi connectivity index (χ0n) is 12.5. The molecule has 0 amide bonds. The van der Waals surface area contributed by atoms with Crippen LogP contribution in [0.2, 0.25) is 0 Å². The van der Waals surface area contributed by atoms with Gasteiger partial charge in [-0.25, -0.2) is 19.5 Å². The molecule has 1 saturated heterocycles. The molecule has 0 aromatic carbocycles. The molecular formula is C10H16N5NaO7P. The number of nitrogen functional groups attached to an aromatic ring is 1. The van der Waals surface area contributed by atoms with Crippen molar-refractivity contribution in [1.29, 1.82) is 0 Å². The van der Waals surface area contributed by atoms with Gasteiger partial charge in [0.2, 0.25) is 0 Å². The number of imidazole rings is 1. The molecule has 1 fully saturated rings. The first-order valence-electron chi connectivity index (χ1n) is 6.42. The normalized spacial score (nSPS) is 27.3. The molecule has 0 bridgehead atoms. The summed E-state index contributed by atoms with van der Waals surface area (Å²) < 4.78 is 21.8. The standard InChI is InChI=1S/C10H14N5O7P.Na.H2/c11-8-5-9(13-2-12-8)15(3-14-5)10-7(17)6(16)4(22-10)1-21-23(18,19)20;;/h2-4,6-7,10,16-17H,1H2,(H2,11,12,13)(H2,18,19,20);;1H/t4-,6-,7-,10-;;/m1../s1. The number of nitrogens with zero attached hydrogens (tertiary/aromatic N) is 4. The fourth-order valence-electron chi connectivity index (χ4n) is 2.32. The zero-order valence-corrected chi connectivity index (χ0v) is 15.4. The summed E-state index contributed by atoms with van der Waals surface area (Å²) in [5.74, 6) is 0.142. The van der Waals surface area contributed by atoms with E-state index in [9.17, 15) is 14.8 Å². The maximum absolute atomic E-state index is 10.7. The molecule has 4 atom stereocenters. The van der Waals surface area contributed by atoms with Crippen molar-refractivity contribution in [2.24, 2.45) is 0 Å². The van der Waals surface area contributed by atoms with Gasteiger partial charge >= 0.3 is 7.82 Å². The quantitative estimate of drug-likeness (QED) is 0.295. The molecule has 0 saturated carbocycles. The second kappa shape index (κ2) is 7.30. The van der Waals surface area contributed by atoms with Crippen molar-refractivity contribution >= 4 is 54.4 Å². The summed E-state index contributed by atoms with van der Waals surface area (Å²) in [5.41, 5.74) is 6.25. The molecule has 3 rings (SSSR count). The SMILES string of the molecule is Nc1ncnc2c1ncn2[C@@H]1O[C@H](COP(=O)(O)O)[C@@H](O)[C@H]1O.[HH].[Na]. The summed E-state index contributed by atoms with van der Waals surface area (Å²) in [4.78, 5) is 29.2. The number of hydrogen-bond acceptors (Lipinski definition) is 9. The molecule has 6 N–H and O–H groups in total. The minimum absolute atomic E-state index is 0. The Morgan fingerprint density at radius 3 is 2.71 bits per heavy atom. The van der Waals surface area contributed by atoms with E-state index in [-0.39, 0.29) is 42.4 Å². The minimum atomic E-state index is -4.72. The van der Waals surface area contributed by atoms with E-state index >= 15 is 0 Å². The van der Waals surface area contributed by atoms with Crippen LogP contribution in [-0.4, -0.2) is 94.0 Å². The van der Waals surface area contributed by atoms with Crippen LogP contribution in [0.4, 0.5) is 5.82 Å². The number of aliphatic hydroxyl groups is 2. The predicted octanol–water partition coefficient (Wildman–Crippen LogP) is -2.00. The molecule has 1 aliphatic rings. The Balaban J connectivity index is 0.00000156. The minimum Gasteiger partial charge on any atom is -0.387 e. The Labute approximate surface area is 158 Å². The van der Waals surface area contributed by atoms with Crippen molar-refractivity contribution in [2.45, 2.75) is 24.5 Å². The molecule has 3 heterocycles. The second-order valence-electron chi connectivity index (χ2n) is 4.92. The molecule has 1 aliphatic heterocycles. The Hall–Kier alpha value is -0.660. The van der Waals surface area contributed by atoms with Crippen molar-refractivity contribution in [3.8, 4) is 0 Å². The second-order valence-corrected chi connectivity index (χ2v) is 6.15. The third-order valence-corrected chi connectivity index (χ3v) is 3.89. The molecule has 0 aliphatic carbocycles. The zero-order chi connectivity index (χ0) is 16.8. The van der Waals surface area contributed by atoms with Gasteiger partial charge in [-0.3, -0.25) is 9.09 Å². The molecule has 14 heteroatoms. The average Bonchev–Trinajstić information content (AvgIpc) is 3.01. The third-order valence-electron chi connectivity index (χ3n) is 3.41. The Morgan fingerprint density at radius 1 is 1.33 bits per heavy atom. The van der Waals surface area contributed by atoms with Crippen LogP contribution < -0.4 is 5.73 Å². The van der Waals surface area contributed by atoms with Gasteiger partial charge < -0.3 is 30.5 Å². The molecule has 1 radical (unpaired) electrons. The Morgan fingerprint density at radius 2 is 2.04 bits per heavy atom. The first-order chi connectivity index (χ1) is 10.8. The van der Waals surface area contributed by atoms with E-state index in [1.807, 2.05) is 0 Å². The van der Waals surface area contributed by atoms with E-state index in [4.69, 9.17) is 20.3 Å². The van der Waals surface area contributed by atoms with Gasteiger partial charge in [-0.15, -0.1) is 0 Å². The molecule has 129 valence electrons. The first-order valence-corrected chi connectivity index (χ1v) is 7.95. The Bertz CT molecular complexity index is 775. The summed E-state index contributed by atoms with van der Waals surface area (Å²) in [5, 5.41) is 20.1. The maximum atomic E-state index is 10.7. The number of fused-ring (bicyclic) bond motifs is 1. The number of phosphoric acid groups is 1. The van der Waals surface area contributed by atoms with Gasteiger partial charge in [0.05, 0.1) is 12.9 Å². The van der Waals surface area contributed by atoms with E-state index < -0.39 is 39.0 Å². The number of rotatable bonds is 4. The van der Waals surface area contributed by atoms with Crippen molar-refractivity contribution in [3.63, 3.8) is 0 Å². The van der Waals surface area contributed by atoms with E-state index in [0.29, 0.717) is 5.52 Å². The van der Waals surface area contributed by atoms with Crippen LogP contribution in [0, 0.1) is 0 Å². The van der Waals surface area contributed by atoms with E-state index in [1.165, 1.54) is 17.2 Å². The molecule has 2 aromatic heterocycles. The predicted molar refractivity (Wildman–Crippen MR) is 81.5 cm³/mol. The Kier molecular flexibility index (Phi) is 5.98. The number of anilines is 1. The summed E-state index contributed by atoms with van der Waals surface area (Å²) in [7, 11) is -4.72. The van der Waals surface area contributed by atoms with Gasteiger partial charge in [0, 0.05) is 31.0 Å². The van der Waals surface area contributed by atoms with Crippen molar-refractivity contribution in [2.75, 3.05) is 12.3 Å². The summed E-state index contributed by atoms with van der Waals surface area (Å²) in [6.07, 6.45) is -2.49. The van der Waals surface area contributed by atoms with Crippen LogP contribution in [-0.2, 0) is 13.8 Å². The van der Waals surface area contributed by atoms with Crippen molar-refractivity contribution in [3.05, 3.63) is 12.7 Å². The van der Waals surface area contributed by atoms with Crippen LogP contribution in [0.25, 0.3) is 11.2 Å². The third kappa shape index (κ3) is 3.78. The van der Waals surface area contributed by atoms with Gasteiger partial charge in [0.15, 0.2) is 17.7 Å². The number of phosphoric ester groups is 1. The number of aromatic nitrogens is 4. The molecule has 0 unspecified atom stereocenters. The maximum Gasteiger partial charge on any atom is 0.469 e. The van der Waals surface area contributed by atoms with Gasteiger partial charge in [0.1, 0.15) is 30.2 Å². The van der Waals surface area contributed by atoms with Crippen LogP contribution in [0.1, 0.15) is 7.65 Å². The van der Waals surface area contributed by atoms with E-state index in [0.717, 1.165) is 0 Å². The molecule has 12 nitrogen and oxygen atoms in total. The summed E-state index contributed by atoms with van der Waals surface area (Å²) >= 11 is 0. The van der Waals surface area contributed by atoms with Crippen LogP contribution >= 0.6 is 7.82 Å². The van der Waals surface area contributed by atoms with Gasteiger partial charge in [0.25, 0.3) is 0 Å². The van der Waals surface area contributed by atoms with Crippen molar-refractivity contribution in [1.82, 2.24) is 19.5 Å². The molecule has 24 heavy (non-hydrogen) atoms. The van der Waals surface area contributed by atoms with Crippen LogP contribution in [0.15, 0.2) is 12.7 Å². The molecule has 0 spiro atoms. The fourth-order valence-corrected chi connectivity index (χ4v) is 2.66. The number of hydrogen-bond donors (Lipinski definition) is 5. The summed E-state index contributed by atoms with van der Waals surface area (Å²) in [6, 6.07) is 0. The van der Waals surface area contributed by atoms with E-state index in [1.54, 1.807) is 0 Å². The number of ether oxygens (including phenoxy) is 1. The molecule has 2 aromatic rings. The largest absolute Gasteiger partial charge is 0.469 e. The monoisotopic (exact) mass is 372 g/mol. The van der Waals surface area contributed by atoms with Gasteiger partial charge in [-0.2, -0.15) is 0 Å². The number of aliphatic hydroxyl groups excluding tert-OH is 2. The van der Waals surface area contributed by atoms with Crippen LogP contribution in [0.5, 0.6) is 0 Å². The average molecular weight is 372 g/mol. The topological polar surface area (TPSA) is 186 Å². The number of nitrogens with two attached hydrogens (primary N) is 1. The summed E-state index contributed by atoms with van der Waals surface area (Å²) in [6.45, 7) is -0.594. The fraction of sp³-hybridized carbons (Fsp3) is 0.500.